The van der Waals surface area contributed by atoms with Crippen LogP contribution >= 0.6 is 0 Å². The molecule has 0 heterocycles. The highest BCUT2D eigenvalue weighted by Crippen LogP contribution is 2.06. The molecule has 0 radical (unpaired) electrons. The van der Waals surface area contributed by atoms with Crippen molar-refractivity contribution in [3.8, 4) is 0 Å². The van der Waals surface area contributed by atoms with E-state index in [1.807, 2.05) is 0 Å². The van der Waals surface area contributed by atoms with Crippen molar-refractivity contribution in [2.45, 2.75) is 142 Å². The fourth-order valence-corrected chi connectivity index (χ4v) is 3.83. The standard InChI is InChI=1S/C30H56N2O2/c1-3-5-7-9-11-13-15-17-19-23-27-31-29(33)25-21-22-26-30(34)32-28-24-20-18-16-14-12-10-8-6-4-2/h11-14H,3-10,15-28H2,1-2H3,(H,31,33)(H,32,34)/b13-11+,14-12+. The lowest BCUT2D eigenvalue weighted by atomic mass is 10.1. The van der Waals surface area contributed by atoms with Gasteiger partial charge in [0.25, 0.3) is 0 Å². The van der Waals surface area contributed by atoms with E-state index in [1.54, 1.807) is 0 Å². The number of allylic oxidation sites excluding steroid dienone is 4. The molecule has 0 fully saturated rings. The summed E-state index contributed by atoms with van der Waals surface area (Å²) in [5, 5.41) is 6.02. The molecule has 198 valence electrons. The minimum atomic E-state index is 0.121. The van der Waals surface area contributed by atoms with Crippen molar-refractivity contribution >= 4 is 11.8 Å². The maximum atomic E-state index is 11.9. The summed E-state index contributed by atoms with van der Waals surface area (Å²) in [4.78, 5) is 23.8. The number of hydrogen-bond donors (Lipinski definition) is 2. The van der Waals surface area contributed by atoms with Crippen LogP contribution in [0.4, 0.5) is 0 Å². The fraction of sp³-hybridized carbons (Fsp3) is 0.800. The molecule has 0 unspecified atom stereocenters. The van der Waals surface area contributed by atoms with Gasteiger partial charge in [0.1, 0.15) is 0 Å². The fourth-order valence-electron chi connectivity index (χ4n) is 3.83. The first-order valence-corrected chi connectivity index (χ1v) is 14.5. The molecular formula is C30H56N2O2. The number of rotatable bonds is 25. The molecule has 0 aliphatic rings. The highest BCUT2D eigenvalue weighted by atomic mass is 16.2. The number of unbranched alkanes of at least 4 members (excludes halogenated alkanes) is 13. The number of carbonyl (C=O) groups is 2. The minimum absolute atomic E-state index is 0.121. The van der Waals surface area contributed by atoms with Gasteiger partial charge in [0.05, 0.1) is 0 Å². The van der Waals surface area contributed by atoms with Crippen LogP contribution in [-0.4, -0.2) is 24.9 Å². The van der Waals surface area contributed by atoms with Crippen molar-refractivity contribution in [3.63, 3.8) is 0 Å². The summed E-state index contributed by atoms with van der Waals surface area (Å²) in [5.41, 5.74) is 0. The molecular weight excluding hydrogens is 420 g/mol. The molecule has 0 rings (SSSR count). The van der Waals surface area contributed by atoms with Crippen LogP contribution in [0.25, 0.3) is 0 Å². The predicted molar refractivity (Wildman–Crippen MR) is 148 cm³/mol. The molecule has 4 nitrogen and oxygen atoms in total. The molecule has 34 heavy (non-hydrogen) atoms. The Morgan fingerprint density at radius 1 is 0.471 bits per heavy atom. The van der Waals surface area contributed by atoms with Gasteiger partial charge in [-0.25, -0.2) is 0 Å². The Bertz CT molecular complexity index is 468. The van der Waals surface area contributed by atoms with Crippen LogP contribution in [0.2, 0.25) is 0 Å². The van der Waals surface area contributed by atoms with Crippen molar-refractivity contribution in [2.75, 3.05) is 13.1 Å². The molecule has 0 spiro atoms. The van der Waals surface area contributed by atoms with E-state index in [4.69, 9.17) is 0 Å². The van der Waals surface area contributed by atoms with Crippen molar-refractivity contribution in [1.29, 1.82) is 0 Å². The zero-order chi connectivity index (χ0) is 25.0. The van der Waals surface area contributed by atoms with Crippen molar-refractivity contribution in [2.24, 2.45) is 0 Å². The van der Waals surface area contributed by atoms with Crippen LogP contribution in [0.1, 0.15) is 142 Å². The van der Waals surface area contributed by atoms with E-state index in [2.05, 4.69) is 48.8 Å². The second-order valence-corrected chi connectivity index (χ2v) is 9.54. The summed E-state index contributed by atoms with van der Waals surface area (Å²) >= 11 is 0. The predicted octanol–water partition coefficient (Wildman–Crippen LogP) is 8.17. The molecule has 0 aliphatic heterocycles. The average Bonchev–Trinajstić information content (AvgIpc) is 2.83. The lowest BCUT2D eigenvalue weighted by molar-refractivity contribution is -0.123. The third-order valence-electron chi connectivity index (χ3n) is 6.08. The Hall–Kier alpha value is -1.58. The van der Waals surface area contributed by atoms with Gasteiger partial charge in [0.2, 0.25) is 11.8 Å². The molecule has 2 N–H and O–H groups in total. The first-order valence-electron chi connectivity index (χ1n) is 14.5. The van der Waals surface area contributed by atoms with Crippen molar-refractivity contribution < 1.29 is 9.59 Å². The average molecular weight is 477 g/mol. The Morgan fingerprint density at radius 2 is 0.824 bits per heavy atom. The van der Waals surface area contributed by atoms with Crippen LogP contribution in [0, 0.1) is 0 Å². The summed E-state index contributed by atoms with van der Waals surface area (Å²) in [5.74, 6) is 0.242. The molecule has 0 saturated heterocycles. The van der Waals surface area contributed by atoms with Gasteiger partial charge in [0, 0.05) is 25.9 Å². The van der Waals surface area contributed by atoms with Gasteiger partial charge >= 0.3 is 0 Å². The third kappa shape index (κ3) is 26.7. The SMILES string of the molecule is CCCCC/C=C/CCCCCNC(=O)CCCCC(=O)NCCCCC/C=C/CCCCC. The Labute approximate surface area is 211 Å². The van der Waals surface area contributed by atoms with Crippen molar-refractivity contribution in [1.82, 2.24) is 10.6 Å². The third-order valence-corrected chi connectivity index (χ3v) is 6.08. The zero-order valence-electron chi connectivity index (χ0n) is 22.7. The molecule has 2 amide bonds. The number of hydrogen-bond acceptors (Lipinski definition) is 2. The molecule has 0 saturated carbocycles. The van der Waals surface area contributed by atoms with E-state index in [-0.39, 0.29) is 11.8 Å². The van der Waals surface area contributed by atoms with Crippen molar-refractivity contribution in [3.05, 3.63) is 24.3 Å². The molecule has 0 aromatic carbocycles. The summed E-state index contributed by atoms with van der Waals surface area (Å²) in [6, 6.07) is 0. The van der Waals surface area contributed by atoms with E-state index in [0.29, 0.717) is 12.8 Å². The van der Waals surface area contributed by atoms with Gasteiger partial charge in [0.15, 0.2) is 0 Å². The first kappa shape index (κ1) is 32.4. The summed E-state index contributed by atoms with van der Waals surface area (Å²) in [6.45, 7) is 6.02. The number of carbonyl (C=O) groups excluding carboxylic acids is 2. The summed E-state index contributed by atoms with van der Waals surface area (Å²) in [7, 11) is 0. The van der Waals surface area contributed by atoms with E-state index >= 15 is 0 Å². The number of amides is 2. The van der Waals surface area contributed by atoms with Crippen LogP contribution in [0.15, 0.2) is 24.3 Å². The largest absolute Gasteiger partial charge is 0.356 e. The van der Waals surface area contributed by atoms with E-state index in [1.165, 1.54) is 64.2 Å². The Morgan fingerprint density at radius 3 is 1.18 bits per heavy atom. The van der Waals surface area contributed by atoms with E-state index in [9.17, 15) is 9.59 Å². The zero-order valence-corrected chi connectivity index (χ0v) is 22.7. The topological polar surface area (TPSA) is 58.2 Å². The number of nitrogens with one attached hydrogen (secondary N) is 2. The monoisotopic (exact) mass is 476 g/mol. The lowest BCUT2D eigenvalue weighted by Crippen LogP contribution is -2.25. The maximum absolute atomic E-state index is 11.9. The van der Waals surface area contributed by atoms with Crippen LogP contribution in [-0.2, 0) is 9.59 Å². The van der Waals surface area contributed by atoms with Gasteiger partial charge in [-0.1, -0.05) is 76.7 Å². The van der Waals surface area contributed by atoms with Gasteiger partial charge in [-0.3, -0.25) is 9.59 Å². The van der Waals surface area contributed by atoms with Crippen LogP contribution in [0.3, 0.4) is 0 Å². The minimum Gasteiger partial charge on any atom is -0.356 e. The highest BCUT2D eigenvalue weighted by Gasteiger charge is 2.04. The maximum Gasteiger partial charge on any atom is 0.219 e. The molecule has 0 aromatic heterocycles. The normalized spacial score (nSPS) is 11.5. The van der Waals surface area contributed by atoms with Gasteiger partial charge < -0.3 is 10.6 Å². The molecule has 0 bridgehead atoms. The van der Waals surface area contributed by atoms with E-state index in [0.717, 1.165) is 64.5 Å². The highest BCUT2D eigenvalue weighted by molar-refractivity contribution is 5.77. The molecule has 0 aromatic rings. The van der Waals surface area contributed by atoms with Crippen LogP contribution in [0.5, 0.6) is 0 Å². The molecule has 4 heteroatoms. The Balaban J connectivity index is 3.36. The second kappa shape index (κ2) is 27.7. The Kier molecular flexibility index (Phi) is 26.4. The second-order valence-electron chi connectivity index (χ2n) is 9.54. The van der Waals surface area contributed by atoms with Gasteiger partial charge in [-0.2, -0.15) is 0 Å². The molecule has 0 aliphatic carbocycles. The molecule has 0 atom stereocenters. The summed E-state index contributed by atoms with van der Waals surface area (Å²) in [6.07, 6.45) is 31.2. The van der Waals surface area contributed by atoms with Gasteiger partial charge in [-0.15, -0.1) is 0 Å². The van der Waals surface area contributed by atoms with E-state index < -0.39 is 0 Å². The summed E-state index contributed by atoms with van der Waals surface area (Å²) < 4.78 is 0. The first-order chi connectivity index (χ1) is 16.7. The smallest absolute Gasteiger partial charge is 0.219 e. The lowest BCUT2D eigenvalue weighted by Gasteiger charge is -2.06. The van der Waals surface area contributed by atoms with Gasteiger partial charge in [-0.05, 0) is 77.0 Å². The quantitative estimate of drug-likeness (QED) is 0.103. The van der Waals surface area contributed by atoms with Crippen LogP contribution < -0.4 is 10.6 Å².